The summed E-state index contributed by atoms with van der Waals surface area (Å²) in [5.74, 6) is -0.552. The zero-order chi connectivity index (χ0) is 18.0. The van der Waals surface area contributed by atoms with Crippen LogP contribution < -0.4 is 4.74 Å². The maximum atomic E-state index is 13.9. The van der Waals surface area contributed by atoms with E-state index in [0.29, 0.717) is 24.3 Å². The Labute approximate surface area is 154 Å². The van der Waals surface area contributed by atoms with Gasteiger partial charge in [0.1, 0.15) is 17.6 Å². The van der Waals surface area contributed by atoms with Crippen molar-refractivity contribution in [3.63, 3.8) is 0 Å². The summed E-state index contributed by atoms with van der Waals surface area (Å²) in [7, 11) is 1.58. The van der Waals surface area contributed by atoms with Gasteiger partial charge in [0.15, 0.2) is 0 Å². The number of nitrogens with zero attached hydrogens (tertiary/aromatic N) is 1. The molecule has 1 fully saturated rings. The van der Waals surface area contributed by atoms with E-state index < -0.39 is 18.1 Å². The Morgan fingerprint density at radius 3 is 2.84 bits per heavy atom. The summed E-state index contributed by atoms with van der Waals surface area (Å²) in [6.45, 7) is 0.633. The Kier molecular flexibility index (Phi) is 5.39. The van der Waals surface area contributed by atoms with Gasteiger partial charge in [-0.25, -0.2) is 4.39 Å². The number of likely N-dealkylation sites (tertiary alicyclic amines) is 1. The number of ether oxygens (including phenoxy) is 1. The summed E-state index contributed by atoms with van der Waals surface area (Å²) in [5.41, 5.74) is 1.53. The van der Waals surface area contributed by atoms with Gasteiger partial charge in [0, 0.05) is 16.6 Å². The predicted molar refractivity (Wildman–Crippen MR) is 96.3 cm³/mol. The van der Waals surface area contributed by atoms with Gasteiger partial charge in [0.05, 0.1) is 13.2 Å². The van der Waals surface area contributed by atoms with Gasteiger partial charge in [0.2, 0.25) is 0 Å². The molecule has 25 heavy (non-hydrogen) atoms. The largest absolute Gasteiger partial charge is 0.496 e. The van der Waals surface area contributed by atoms with E-state index in [9.17, 15) is 14.3 Å². The van der Waals surface area contributed by atoms with E-state index in [-0.39, 0.29) is 5.82 Å². The second kappa shape index (κ2) is 7.54. The molecular weight excluding hydrogens is 389 g/mol. The number of hydrogen-bond donors (Lipinski definition) is 1. The Bertz CT molecular complexity index is 783. The highest BCUT2D eigenvalue weighted by molar-refractivity contribution is 9.10. The second-order valence-electron chi connectivity index (χ2n) is 6.08. The number of halogens is 2. The molecule has 2 aromatic carbocycles. The van der Waals surface area contributed by atoms with Gasteiger partial charge in [-0.2, -0.15) is 0 Å². The Hall–Kier alpha value is -1.92. The van der Waals surface area contributed by atoms with Gasteiger partial charge in [-0.15, -0.1) is 0 Å². The second-order valence-corrected chi connectivity index (χ2v) is 6.99. The van der Waals surface area contributed by atoms with Crippen LogP contribution >= 0.6 is 15.9 Å². The zero-order valence-electron chi connectivity index (χ0n) is 13.8. The third-order valence-corrected chi connectivity index (χ3v) is 5.05. The van der Waals surface area contributed by atoms with E-state index in [1.807, 2.05) is 29.2 Å². The van der Waals surface area contributed by atoms with Crippen LogP contribution in [-0.2, 0) is 4.79 Å². The number of hydrogen-bond acceptors (Lipinski definition) is 3. The maximum Gasteiger partial charge on any atom is 0.320 e. The van der Waals surface area contributed by atoms with E-state index in [0.717, 1.165) is 16.5 Å². The Balaban J connectivity index is 2.16. The lowest BCUT2D eigenvalue weighted by Gasteiger charge is -2.33. The lowest BCUT2D eigenvalue weighted by Crippen LogP contribution is -2.39. The fourth-order valence-electron chi connectivity index (χ4n) is 3.51. The Morgan fingerprint density at radius 2 is 2.16 bits per heavy atom. The minimum atomic E-state index is -0.854. The van der Waals surface area contributed by atoms with Gasteiger partial charge in [-0.05, 0) is 48.7 Å². The van der Waals surface area contributed by atoms with E-state index >= 15 is 0 Å². The minimum Gasteiger partial charge on any atom is -0.496 e. The number of rotatable bonds is 5. The summed E-state index contributed by atoms with van der Waals surface area (Å²) < 4.78 is 20.2. The van der Waals surface area contributed by atoms with Crippen molar-refractivity contribution in [1.82, 2.24) is 4.90 Å². The first-order chi connectivity index (χ1) is 12.0. The number of methoxy groups -OCH3 is 1. The molecule has 0 spiro atoms. The van der Waals surface area contributed by atoms with Crippen molar-refractivity contribution in [2.24, 2.45) is 0 Å². The van der Waals surface area contributed by atoms with E-state index in [2.05, 4.69) is 15.9 Å². The predicted octanol–water partition coefficient (Wildman–Crippen LogP) is 4.24. The molecule has 4 nitrogen and oxygen atoms in total. The minimum absolute atomic E-state index is 0.345. The topological polar surface area (TPSA) is 49.8 Å². The number of aliphatic carboxylic acids is 1. The quantitative estimate of drug-likeness (QED) is 0.805. The van der Waals surface area contributed by atoms with E-state index in [4.69, 9.17) is 4.74 Å². The molecule has 0 radical (unpaired) electrons. The van der Waals surface area contributed by atoms with Crippen LogP contribution in [0.4, 0.5) is 4.39 Å². The van der Waals surface area contributed by atoms with Crippen LogP contribution in [-0.4, -0.2) is 35.7 Å². The lowest BCUT2D eigenvalue weighted by molar-refractivity contribution is -0.142. The molecule has 132 valence electrons. The average Bonchev–Trinajstić information content (AvgIpc) is 3.05. The van der Waals surface area contributed by atoms with Crippen molar-refractivity contribution in [2.75, 3.05) is 13.7 Å². The van der Waals surface area contributed by atoms with Crippen LogP contribution in [0.3, 0.4) is 0 Å². The van der Waals surface area contributed by atoms with Crippen molar-refractivity contribution < 1.29 is 19.0 Å². The molecule has 0 amide bonds. The van der Waals surface area contributed by atoms with E-state index in [1.54, 1.807) is 13.2 Å². The summed E-state index contributed by atoms with van der Waals surface area (Å²) in [5, 5.41) is 9.61. The first kappa shape index (κ1) is 17.9. The maximum absolute atomic E-state index is 13.9. The number of carboxylic acid groups (broad SMARTS) is 1. The number of carboxylic acids is 1. The smallest absolute Gasteiger partial charge is 0.320 e. The lowest BCUT2D eigenvalue weighted by atomic mass is 9.95. The summed E-state index contributed by atoms with van der Waals surface area (Å²) in [6, 6.07) is 10.9. The molecule has 3 rings (SSSR count). The van der Waals surface area contributed by atoms with Crippen LogP contribution in [0, 0.1) is 5.82 Å². The van der Waals surface area contributed by atoms with Crippen LogP contribution in [0.5, 0.6) is 5.75 Å². The molecule has 2 aromatic rings. The molecule has 0 bridgehead atoms. The third-order valence-electron chi connectivity index (χ3n) is 4.56. The van der Waals surface area contributed by atoms with Crippen LogP contribution in [0.15, 0.2) is 46.9 Å². The van der Waals surface area contributed by atoms with Crippen molar-refractivity contribution in [1.29, 1.82) is 0 Å². The van der Waals surface area contributed by atoms with Gasteiger partial charge in [-0.1, -0.05) is 28.1 Å². The van der Waals surface area contributed by atoms with Crippen molar-refractivity contribution in [2.45, 2.75) is 24.9 Å². The van der Waals surface area contributed by atoms with Crippen LogP contribution in [0.1, 0.15) is 30.0 Å². The zero-order valence-corrected chi connectivity index (χ0v) is 15.4. The molecule has 1 saturated heterocycles. The molecule has 1 N–H and O–H groups in total. The summed E-state index contributed by atoms with van der Waals surface area (Å²) in [4.78, 5) is 13.6. The first-order valence-electron chi connectivity index (χ1n) is 8.08. The molecule has 1 heterocycles. The fraction of sp³-hybridized carbons (Fsp3) is 0.316. The standard InChI is InChI=1S/C19H19BrFNO3/c1-25-17-8-7-13(20)11-15(17)18(12-4-2-5-14(21)10-12)22-9-3-6-16(22)19(23)24/h2,4-5,7-8,10-11,16,18H,3,6,9H2,1H3,(H,23,24). The molecule has 2 atom stereocenters. The van der Waals surface area contributed by atoms with Crippen LogP contribution in [0.2, 0.25) is 0 Å². The summed E-state index contributed by atoms with van der Waals surface area (Å²) in [6.07, 6.45) is 1.37. The monoisotopic (exact) mass is 407 g/mol. The molecule has 0 saturated carbocycles. The van der Waals surface area contributed by atoms with Gasteiger partial charge in [-0.3, -0.25) is 9.69 Å². The highest BCUT2D eigenvalue weighted by atomic mass is 79.9. The average molecular weight is 408 g/mol. The third kappa shape index (κ3) is 3.70. The molecule has 1 aliphatic heterocycles. The molecular formula is C19H19BrFNO3. The number of benzene rings is 2. The molecule has 2 unspecified atom stereocenters. The first-order valence-corrected chi connectivity index (χ1v) is 8.88. The molecule has 0 aromatic heterocycles. The van der Waals surface area contributed by atoms with Crippen molar-refractivity contribution in [3.05, 3.63) is 63.9 Å². The fourth-order valence-corrected chi connectivity index (χ4v) is 3.89. The van der Waals surface area contributed by atoms with Gasteiger partial charge in [0.25, 0.3) is 0 Å². The highest BCUT2D eigenvalue weighted by Crippen LogP contribution is 2.40. The normalized spacial score (nSPS) is 18.9. The summed E-state index contributed by atoms with van der Waals surface area (Å²) >= 11 is 3.47. The number of carbonyl (C=O) groups is 1. The molecule has 6 heteroatoms. The SMILES string of the molecule is COc1ccc(Br)cc1C(c1cccc(F)c1)N1CCCC1C(=O)O. The van der Waals surface area contributed by atoms with Crippen LogP contribution in [0.25, 0.3) is 0 Å². The van der Waals surface area contributed by atoms with Gasteiger partial charge < -0.3 is 9.84 Å². The van der Waals surface area contributed by atoms with E-state index in [1.165, 1.54) is 12.1 Å². The molecule has 0 aliphatic carbocycles. The Morgan fingerprint density at radius 1 is 1.36 bits per heavy atom. The van der Waals surface area contributed by atoms with Crippen molar-refractivity contribution in [3.8, 4) is 5.75 Å². The van der Waals surface area contributed by atoms with Crippen molar-refractivity contribution >= 4 is 21.9 Å². The van der Waals surface area contributed by atoms with Gasteiger partial charge >= 0.3 is 5.97 Å². The highest BCUT2D eigenvalue weighted by Gasteiger charge is 2.38. The molecule has 1 aliphatic rings.